The van der Waals surface area contributed by atoms with Crippen LogP contribution in [0.4, 0.5) is 13.2 Å². The van der Waals surface area contributed by atoms with Crippen molar-refractivity contribution >= 4 is 17.1 Å². The molecule has 0 saturated carbocycles. The number of fused-ring (bicyclic) bond motifs is 1. The predicted molar refractivity (Wildman–Crippen MR) is 51.2 cm³/mol. The molecular formula is C10H7F3N2. The fourth-order valence-corrected chi connectivity index (χ4v) is 1.35. The number of hydrogen-bond donors (Lipinski definition) is 1. The number of nitrogens with one attached hydrogen (secondary N) is 1. The Balaban J connectivity index is 2.70. The summed E-state index contributed by atoms with van der Waals surface area (Å²) < 4.78 is 37.0. The van der Waals surface area contributed by atoms with Gasteiger partial charge in [0, 0.05) is 5.56 Å². The molecular weight excluding hydrogens is 205 g/mol. The van der Waals surface area contributed by atoms with Gasteiger partial charge in [0.1, 0.15) is 0 Å². The smallest absolute Gasteiger partial charge is 0.334 e. The Morgan fingerprint density at radius 2 is 2.07 bits per heavy atom. The van der Waals surface area contributed by atoms with Gasteiger partial charge in [0.05, 0.1) is 11.0 Å². The number of imidazole rings is 1. The number of H-pyrrole nitrogens is 1. The maximum absolute atomic E-state index is 12.3. The number of aromatic nitrogens is 2. The quantitative estimate of drug-likeness (QED) is 0.772. The van der Waals surface area contributed by atoms with Crippen LogP contribution in [0.2, 0.25) is 0 Å². The largest absolute Gasteiger partial charge is 0.449 e. The highest BCUT2D eigenvalue weighted by molar-refractivity contribution is 5.84. The van der Waals surface area contributed by atoms with Crippen molar-refractivity contribution in [1.29, 1.82) is 0 Å². The number of aromatic amines is 1. The van der Waals surface area contributed by atoms with Gasteiger partial charge in [-0.1, -0.05) is 24.8 Å². The van der Waals surface area contributed by atoms with Crippen molar-refractivity contribution in [3.63, 3.8) is 0 Å². The lowest BCUT2D eigenvalue weighted by Gasteiger charge is -1.99. The Morgan fingerprint density at radius 3 is 2.67 bits per heavy atom. The van der Waals surface area contributed by atoms with E-state index in [-0.39, 0.29) is 0 Å². The molecule has 0 amide bonds. The first-order valence-corrected chi connectivity index (χ1v) is 4.21. The summed E-state index contributed by atoms with van der Waals surface area (Å²) in [6.45, 7) is 3.52. The van der Waals surface area contributed by atoms with E-state index in [4.69, 9.17) is 0 Å². The van der Waals surface area contributed by atoms with Crippen LogP contribution in [0.3, 0.4) is 0 Å². The molecule has 2 rings (SSSR count). The second kappa shape index (κ2) is 3.12. The van der Waals surface area contributed by atoms with E-state index >= 15 is 0 Å². The van der Waals surface area contributed by atoms with E-state index in [1.165, 1.54) is 6.08 Å². The van der Waals surface area contributed by atoms with Gasteiger partial charge in [0.25, 0.3) is 0 Å². The van der Waals surface area contributed by atoms with Crippen LogP contribution in [0.15, 0.2) is 24.8 Å². The summed E-state index contributed by atoms with van der Waals surface area (Å²) in [5, 5.41) is 0. The minimum atomic E-state index is -4.45. The average molecular weight is 212 g/mol. The van der Waals surface area contributed by atoms with E-state index in [0.29, 0.717) is 16.6 Å². The molecule has 0 unspecified atom stereocenters. The number of nitrogens with zero attached hydrogens (tertiary/aromatic N) is 1. The third kappa shape index (κ3) is 1.60. The van der Waals surface area contributed by atoms with E-state index in [1.807, 2.05) is 0 Å². The van der Waals surface area contributed by atoms with Gasteiger partial charge in [0.15, 0.2) is 0 Å². The zero-order valence-corrected chi connectivity index (χ0v) is 7.60. The minimum absolute atomic E-state index is 0.292. The number of para-hydroxylation sites is 1. The SMILES string of the molecule is C=Cc1cccc2[nH]c(C(F)(F)F)nc12. The lowest BCUT2D eigenvalue weighted by Crippen LogP contribution is -2.06. The molecule has 15 heavy (non-hydrogen) atoms. The highest BCUT2D eigenvalue weighted by atomic mass is 19.4. The Hall–Kier alpha value is -1.78. The lowest BCUT2D eigenvalue weighted by molar-refractivity contribution is -0.144. The van der Waals surface area contributed by atoms with Gasteiger partial charge < -0.3 is 4.98 Å². The minimum Gasteiger partial charge on any atom is -0.334 e. The fourth-order valence-electron chi connectivity index (χ4n) is 1.35. The molecule has 1 heterocycles. The standard InChI is InChI=1S/C10H7F3N2/c1-2-6-4-3-5-7-8(6)15-9(14-7)10(11,12)13/h2-5H,1H2,(H,14,15). The summed E-state index contributed by atoms with van der Waals surface area (Å²) in [6, 6.07) is 4.86. The van der Waals surface area contributed by atoms with Crippen molar-refractivity contribution in [2.45, 2.75) is 6.18 Å². The molecule has 5 heteroatoms. The number of rotatable bonds is 1. The van der Waals surface area contributed by atoms with Crippen LogP contribution in [0.1, 0.15) is 11.4 Å². The second-order valence-electron chi connectivity index (χ2n) is 3.03. The number of benzene rings is 1. The molecule has 0 aliphatic rings. The molecule has 2 nitrogen and oxygen atoms in total. The number of halogens is 3. The Kier molecular flexibility index (Phi) is 2.03. The molecule has 0 atom stereocenters. The van der Waals surface area contributed by atoms with Crippen LogP contribution >= 0.6 is 0 Å². The third-order valence-electron chi connectivity index (χ3n) is 2.03. The Morgan fingerprint density at radius 1 is 1.33 bits per heavy atom. The van der Waals surface area contributed by atoms with Crippen LogP contribution in [0.25, 0.3) is 17.1 Å². The Labute approximate surface area is 83.4 Å². The molecule has 1 aromatic heterocycles. The topological polar surface area (TPSA) is 28.7 Å². The van der Waals surface area contributed by atoms with Crippen molar-refractivity contribution < 1.29 is 13.2 Å². The normalized spacial score (nSPS) is 11.9. The highest BCUT2D eigenvalue weighted by Crippen LogP contribution is 2.29. The molecule has 0 bridgehead atoms. The van der Waals surface area contributed by atoms with Crippen molar-refractivity contribution in [3.05, 3.63) is 36.2 Å². The van der Waals surface area contributed by atoms with Crippen molar-refractivity contribution in [2.75, 3.05) is 0 Å². The zero-order chi connectivity index (χ0) is 11.1. The molecule has 0 saturated heterocycles. The molecule has 0 spiro atoms. The van der Waals surface area contributed by atoms with Crippen molar-refractivity contribution in [2.24, 2.45) is 0 Å². The number of hydrogen-bond acceptors (Lipinski definition) is 1. The molecule has 0 aliphatic heterocycles. The van der Waals surface area contributed by atoms with Gasteiger partial charge >= 0.3 is 6.18 Å². The van der Waals surface area contributed by atoms with E-state index in [0.717, 1.165) is 0 Å². The first-order valence-electron chi connectivity index (χ1n) is 4.21. The maximum atomic E-state index is 12.3. The van der Waals surface area contributed by atoms with Crippen molar-refractivity contribution in [3.8, 4) is 0 Å². The van der Waals surface area contributed by atoms with E-state index in [9.17, 15) is 13.2 Å². The summed E-state index contributed by atoms with van der Waals surface area (Å²) in [5.41, 5.74) is 1.24. The van der Waals surface area contributed by atoms with E-state index in [2.05, 4.69) is 16.5 Å². The molecule has 2 aromatic rings. The summed E-state index contributed by atoms with van der Waals surface area (Å²) in [7, 11) is 0. The molecule has 0 aliphatic carbocycles. The molecule has 0 radical (unpaired) electrons. The second-order valence-corrected chi connectivity index (χ2v) is 3.03. The Bertz CT molecular complexity index is 511. The van der Waals surface area contributed by atoms with Gasteiger partial charge in [0.2, 0.25) is 5.82 Å². The first-order chi connectivity index (χ1) is 7.02. The summed E-state index contributed by atoms with van der Waals surface area (Å²) in [6.07, 6.45) is -2.97. The monoisotopic (exact) mass is 212 g/mol. The first kappa shape index (κ1) is 9.76. The van der Waals surface area contributed by atoms with Gasteiger partial charge in [-0.05, 0) is 6.07 Å². The fraction of sp³-hybridized carbons (Fsp3) is 0.100. The molecule has 0 fully saturated rings. The van der Waals surface area contributed by atoms with Crippen LogP contribution in [0, 0.1) is 0 Å². The highest BCUT2D eigenvalue weighted by Gasteiger charge is 2.34. The van der Waals surface area contributed by atoms with Crippen molar-refractivity contribution in [1.82, 2.24) is 9.97 Å². The van der Waals surface area contributed by atoms with Gasteiger partial charge in [-0.25, -0.2) is 4.98 Å². The van der Waals surface area contributed by atoms with E-state index < -0.39 is 12.0 Å². The molecule has 1 aromatic carbocycles. The van der Waals surface area contributed by atoms with Crippen LogP contribution in [0.5, 0.6) is 0 Å². The zero-order valence-electron chi connectivity index (χ0n) is 7.60. The molecule has 1 N–H and O–H groups in total. The van der Waals surface area contributed by atoms with Gasteiger partial charge in [-0.15, -0.1) is 0 Å². The third-order valence-corrected chi connectivity index (χ3v) is 2.03. The lowest BCUT2D eigenvalue weighted by atomic mass is 10.2. The van der Waals surface area contributed by atoms with Crippen LogP contribution < -0.4 is 0 Å². The average Bonchev–Trinajstić information content (AvgIpc) is 2.59. The summed E-state index contributed by atoms with van der Waals surface area (Å²) in [5.74, 6) is -0.980. The van der Waals surface area contributed by atoms with Gasteiger partial charge in [-0.2, -0.15) is 13.2 Å². The predicted octanol–water partition coefficient (Wildman–Crippen LogP) is 3.22. The summed E-state index contributed by atoms with van der Waals surface area (Å²) in [4.78, 5) is 5.73. The molecule has 78 valence electrons. The van der Waals surface area contributed by atoms with Crippen LogP contribution in [-0.2, 0) is 6.18 Å². The van der Waals surface area contributed by atoms with E-state index in [1.54, 1.807) is 18.2 Å². The van der Waals surface area contributed by atoms with Gasteiger partial charge in [-0.3, -0.25) is 0 Å². The van der Waals surface area contributed by atoms with Crippen LogP contribution in [-0.4, -0.2) is 9.97 Å². The summed E-state index contributed by atoms with van der Waals surface area (Å²) >= 11 is 0. The maximum Gasteiger partial charge on any atom is 0.449 e. The number of alkyl halides is 3.